The van der Waals surface area contributed by atoms with Gasteiger partial charge in [0.15, 0.2) is 0 Å². The van der Waals surface area contributed by atoms with Crippen molar-refractivity contribution in [2.24, 2.45) is 0 Å². The Hall–Kier alpha value is -1.63. The topological polar surface area (TPSA) is 64.7 Å². The summed E-state index contributed by atoms with van der Waals surface area (Å²) in [6.07, 6.45) is 2.58. The lowest BCUT2D eigenvalue weighted by Gasteiger charge is -2.19. The average Bonchev–Trinajstić information content (AvgIpc) is 2.80. The smallest absolute Gasteiger partial charge is 0.238 e. The lowest BCUT2D eigenvalue weighted by atomic mass is 10.2. The van der Waals surface area contributed by atoms with Crippen LogP contribution in [0.4, 0.5) is 11.4 Å². The predicted octanol–water partition coefficient (Wildman–Crippen LogP) is 1.47. The molecule has 0 radical (unpaired) electrons. The van der Waals surface area contributed by atoms with E-state index in [1.807, 2.05) is 24.3 Å². The van der Waals surface area contributed by atoms with Crippen LogP contribution in [0.15, 0.2) is 24.3 Å². The molecular formula is C17H25ClN4O2. The Morgan fingerprint density at radius 3 is 2.83 bits per heavy atom. The number of nitrogens with one attached hydrogen (secondary N) is 2. The van der Waals surface area contributed by atoms with Crippen LogP contribution < -0.4 is 15.5 Å². The van der Waals surface area contributed by atoms with E-state index in [0.29, 0.717) is 13.0 Å². The van der Waals surface area contributed by atoms with Gasteiger partial charge in [-0.15, -0.1) is 12.4 Å². The number of benzene rings is 1. The third-order valence-corrected chi connectivity index (χ3v) is 4.31. The number of rotatable bonds is 4. The molecule has 0 bridgehead atoms. The van der Waals surface area contributed by atoms with Gasteiger partial charge in [-0.2, -0.15) is 0 Å². The summed E-state index contributed by atoms with van der Waals surface area (Å²) >= 11 is 0. The van der Waals surface area contributed by atoms with E-state index in [-0.39, 0.29) is 24.2 Å². The van der Waals surface area contributed by atoms with Crippen LogP contribution in [0.5, 0.6) is 0 Å². The molecule has 0 aliphatic carbocycles. The van der Waals surface area contributed by atoms with Gasteiger partial charge in [0.25, 0.3) is 0 Å². The van der Waals surface area contributed by atoms with Gasteiger partial charge < -0.3 is 15.5 Å². The van der Waals surface area contributed by atoms with Gasteiger partial charge in [-0.25, -0.2) is 0 Å². The Labute approximate surface area is 149 Å². The second-order valence-electron chi connectivity index (χ2n) is 6.13. The fourth-order valence-electron chi connectivity index (χ4n) is 3.14. The molecule has 2 N–H and O–H groups in total. The van der Waals surface area contributed by atoms with Crippen molar-refractivity contribution in [3.05, 3.63) is 24.3 Å². The SMILES string of the molecule is Cl.O=C(CN1CCCNCC1)Nc1cccc(N2CCCC2=O)c1. The first kappa shape index (κ1) is 18.7. The minimum Gasteiger partial charge on any atom is -0.325 e. The van der Waals surface area contributed by atoms with Crippen molar-refractivity contribution in [1.29, 1.82) is 0 Å². The molecule has 24 heavy (non-hydrogen) atoms. The minimum atomic E-state index is -0.00296. The molecule has 2 saturated heterocycles. The van der Waals surface area contributed by atoms with Crippen LogP contribution in [0.3, 0.4) is 0 Å². The monoisotopic (exact) mass is 352 g/mol. The van der Waals surface area contributed by atoms with Crippen molar-refractivity contribution < 1.29 is 9.59 Å². The Balaban J connectivity index is 0.00000208. The molecule has 2 heterocycles. The molecule has 1 aromatic carbocycles. The van der Waals surface area contributed by atoms with Crippen LogP contribution >= 0.6 is 12.4 Å². The van der Waals surface area contributed by atoms with Gasteiger partial charge in [0.2, 0.25) is 11.8 Å². The van der Waals surface area contributed by atoms with Gasteiger partial charge in [0.05, 0.1) is 6.54 Å². The van der Waals surface area contributed by atoms with Gasteiger partial charge in [0, 0.05) is 37.4 Å². The molecule has 0 spiro atoms. The standard InChI is InChI=1S/C17H24N4O2.ClH/c22-16(13-20-9-3-7-18-8-11-20)19-14-4-1-5-15(12-14)21-10-2-6-17(21)23;/h1,4-5,12,18H,2-3,6-11,13H2,(H,19,22);1H. The largest absolute Gasteiger partial charge is 0.325 e. The fraction of sp³-hybridized carbons (Fsp3) is 0.529. The van der Waals surface area contributed by atoms with Crippen LogP contribution in [0.1, 0.15) is 19.3 Å². The highest BCUT2D eigenvalue weighted by molar-refractivity contribution is 5.97. The van der Waals surface area contributed by atoms with E-state index in [1.54, 1.807) is 4.90 Å². The Kier molecular flexibility index (Phi) is 7.02. The third-order valence-electron chi connectivity index (χ3n) is 4.31. The molecule has 6 nitrogen and oxygen atoms in total. The van der Waals surface area contributed by atoms with Crippen LogP contribution in [-0.4, -0.2) is 56.0 Å². The number of carbonyl (C=O) groups is 2. The highest BCUT2D eigenvalue weighted by atomic mass is 35.5. The van der Waals surface area contributed by atoms with Gasteiger partial charge in [-0.3, -0.25) is 14.5 Å². The summed E-state index contributed by atoms with van der Waals surface area (Å²) in [6, 6.07) is 7.54. The first-order valence-electron chi connectivity index (χ1n) is 8.36. The maximum atomic E-state index is 12.2. The number of hydrogen-bond acceptors (Lipinski definition) is 4. The number of halogens is 1. The summed E-state index contributed by atoms with van der Waals surface area (Å²) < 4.78 is 0. The van der Waals surface area contributed by atoms with Crippen molar-refractivity contribution >= 4 is 35.6 Å². The highest BCUT2D eigenvalue weighted by Crippen LogP contribution is 2.24. The maximum absolute atomic E-state index is 12.2. The molecule has 2 aliphatic heterocycles. The summed E-state index contributed by atoms with van der Waals surface area (Å²) in [4.78, 5) is 28.0. The average molecular weight is 353 g/mol. The predicted molar refractivity (Wildman–Crippen MR) is 97.8 cm³/mol. The lowest BCUT2D eigenvalue weighted by molar-refractivity contribution is -0.117. The first-order valence-corrected chi connectivity index (χ1v) is 8.36. The second kappa shape index (κ2) is 9.01. The van der Waals surface area contributed by atoms with E-state index in [9.17, 15) is 9.59 Å². The molecule has 0 saturated carbocycles. The fourth-order valence-corrected chi connectivity index (χ4v) is 3.14. The van der Waals surface area contributed by atoms with Crippen LogP contribution in [0.2, 0.25) is 0 Å². The van der Waals surface area contributed by atoms with Crippen molar-refractivity contribution in [2.75, 3.05) is 49.5 Å². The number of anilines is 2. The van der Waals surface area contributed by atoms with Gasteiger partial charge in [-0.05, 0) is 44.1 Å². The van der Waals surface area contributed by atoms with Crippen LogP contribution in [-0.2, 0) is 9.59 Å². The van der Waals surface area contributed by atoms with E-state index in [2.05, 4.69) is 15.5 Å². The van der Waals surface area contributed by atoms with Gasteiger partial charge >= 0.3 is 0 Å². The van der Waals surface area contributed by atoms with E-state index < -0.39 is 0 Å². The Bertz CT molecular complexity index is 573. The summed E-state index contributed by atoms with van der Waals surface area (Å²) in [7, 11) is 0. The molecule has 0 atom stereocenters. The zero-order valence-electron chi connectivity index (χ0n) is 13.8. The van der Waals surface area contributed by atoms with E-state index in [4.69, 9.17) is 0 Å². The Morgan fingerprint density at radius 1 is 1.17 bits per heavy atom. The number of carbonyl (C=O) groups excluding carboxylic acids is 2. The van der Waals surface area contributed by atoms with Crippen LogP contribution in [0, 0.1) is 0 Å². The molecule has 0 unspecified atom stereocenters. The van der Waals surface area contributed by atoms with Crippen molar-refractivity contribution in [3.63, 3.8) is 0 Å². The Morgan fingerprint density at radius 2 is 2.04 bits per heavy atom. The molecule has 3 rings (SSSR count). The third kappa shape index (κ3) is 4.93. The first-order chi connectivity index (χ1) is 11.2. The number of nitrogens with zero attached hydrogens (tertiary/aromatic N) is 2. The van der Waals surface area contributed by atoms with Crippen LogP contribution in [0.25, 0.3) is 0 Å². The van der Waals surface area contributed by atoms with Crippen molar-refractivity contribution in [3.8, 4) is 0 Å². The summed E-state index contributed by atoms with van der Waals surface area (Å²) in [5, 5.41) is 6.28. The molecule has 0 aromatic heterocycles. The zero-order chi connectivity index (χ0) is 16.1. The van der Waals surface area contributed by atoms with Gasteiger partial charge in [-0.1, -0.05) is 6.07 Å². The maximum Gasteiger partial charge on any atom is 0.238 e. The van der Waals surface area contributed by atoms with Crippen molar-refractivity contribution in [1.82, 2.24) is 10.2 Å². The lowest BCUT2D eigenvalue weighted by Crippen LogP contribution is -2.35. The molecular weight excluding hydrogens is 328 g/mol. The molecule has 132 valence electrons. The zero-order valence-corrected chi connectivity index (χ0v) is 14.6. The summed E-state index contributed by atoms with van der Waals surface area (Å²) in [5.41, 5.74) is 1.62. The van der Waals surface area contributed by atoms with E-state index >= 15 is 0 Å². The normalized spacial score (nSPS) is 18.8. The summed E-state index contributed by atoms with van der Waals surface area (Å²) in [5.74, 6) is 0.155. The highest BCUT2D eigenvalue weighted by Gasteiger charge is 2.22. The molecule has 2 fully saturated rings. The summed E-state index contributed by atoms with van der Waals surface area (Å²) in [6.45, 7) is 4.97. The quantitative estimate of drug-likeness (QED) is 0.861. The molecule has 7 heteroatoms. The molecule has 1 aromatic rings. The number of hydrogen-bond donors (Lipinski definition) is 2. The van der Waals surface area contributed by atoms with Gasteiger partial charge in [0.1, 0.15) is 0 Å². The number of amides is 2. The van der Waals surface area contributed by atoms with Crippen molar-refractivity contribution in [2.45, 2.75) is 19.3 Å². The van der Waals surface area contributed by atoms with E-state index in [0.717, 1.165) is 56.9 Å². The second-order valence-corrected chi connectivity index (χ2v) is 6.13. The minimum absolute atomic E-state index is 0. The van der Waals surface area contributed by atoms with E-state index in [1.165, 1.54) is 0 Å². The molecule has 2 aliphatic rings. The molecule has 2 amide bonds.